The van der Waals surface area contributed by atoms with E-state index in [1.807, 2.05) is 0 Å². The second-order valence-electron chi connectivity index (χ2n) is 8.70. The van der Waals surface area contributed by atoms with Gasteiger partial charge in [-0.3, -0.25) is 9.80 Å². The summed E-state index contributed by atoms with van der Waals surface area (Å²) in [5.41, 5.74) is 0. The Morgan fingerprint density at radius 1 is 0.414 bits per heavy atom. The summed E-state index contributed by atoms with van der Waals surface area (Å²) >= 11 is 0. The molecule has 0 saturated carbocycles. The predicted molar refractivity (Wildman–Crippen MR) is 126 cm³/mol. The molecule has 0 amide bonds. The van der Waals surface area contributed by atoms with Crippen LogP contribution in [0.15, 0.2) is 0 Å². The van der Waals surface area contributed by atoms with Crippen molar-refractivity contribution in [1.29, 1.82) is 0 Å². The maximum absolute atomic E-state index is 2.81. The summed E-state index contributed by atoms with van der Waals surface area (Å²) in [6.45, 7) is 30.9. The highest BCUT2D eigenvalue weighted by Crippen LogP contribution is 2.14. The van der Waals surface area contributed by atoms with Gasteiger partial charge in [0.05, 0.1) is 6.17 Å². The first-order valence-electron chi connectivity index (χ1n) is 12.5. The molecule has 0 aromatic heterocycles. The minimum atomic E-state index is 0.570. The van der Waals surface area contributed by atoms with Crippen LogP contribution in [-0.2, 0) is 0 Å². The molecular formula is C23H50N6. The van der Waals surface area contributed by atoms with Crippen LogP contribution in [0.2, 0.25) is 0 Å². The van der Waals surface area contributed by atoms with Gasteiger partial charge in [0.2, 0.25) is 0 Å². The molecule has 0 atom stereocenters. The van der Waals surface area contributed by atoms with Gasteiger partial charge in [0.1, 0.15) is 0 Å². The van der Waals surface area contributed by atoms with Crippen LogP contribution in [0.5, 0.6) is 0 Å². The fraction of sp³-hybridized carbons (Fsp3) is 1.00. The number of rotatable bonds is 7. The zero-order chi connectivity index (χ0) is 21.1. The van der Waals surface area contributed by atoms with Crippen molar-refractivity contribution in [3.8, 4) is 0 Å². The number of nitrogens with zero attached hydrogens (tertiary/aromatic N) is 6. The molecule has 0 radical (unpaired) electrons. The molecule has 2 saturated heterocycles. The summed E-state index contributed by atoms with van der Waals surface area (Å²) in [6, 6.07) is 0. The van der Waals surface area contributed by atoms with Crippen LogP contribution in [0.25, 0.3) is 0 Å². The molecule has 2 heterocycles. The minimum Gasteiger partial charge on any atom is -0.301 e. The predicted octanol–water partition coefficient (Wildman–Crippen LogP) is 1.64. The van der Waals surface area contributed by atoms with Crippen LogP contribution < -0.4 is 0 Å². The first-order chi connectivity index (χ1) is 14.1. The van der Waals surface area contributed by atoms with Gasteiger partial charge < -0.3 is 19.6 Å². The third-order valence-corrected chi connectivity index (χ3v) is 7.28. The standard InChI is InChI=1S/C23H50N6/c1-6-23(28-19-15-24(7-2)11-12-25(8-3)16-20-28)29-21-17-26(9-4)13-14-27(10-5)18-22-29/h23H,6-22H2,1-5H3. The molecule has 2 aliphatic rings. The van der Waals surface area contributed by atoms with Gasteiger partial charge in [-0.25, -0.2) is 0 Å². The lowest BCUT2D eigenvalue weighted by Crippen LogP contribution is -2.54. The fourth-order valence-electron chi connectivity index (χ4n) is 4.92. The average molecular weight is 411 g/mol. The van der Waals surface area contributed by atoms with E-state index in [1.54, 1.807) is 0 Å². The molecule has 6 nitrogen and oxygen atoms in total. The number of hydrogen-bond donors (Lipinski definition) is 0. The van der Waals surface area contributed by atoms with Crippen molar-refractivity contribution >= 4 is 0 Å². The molecule has 0 bridgehead atoms. The quantitative estimate of drug-likeness (QED) is 0.631. The molecule has 0 aromatic rings. The highest BCUT2D eigenvalue weighted by molar-refractivity contribution is 4.80. The van der Waals surface area contributed by atoms with Crippen LogP contribution >= 0.6 is 0 Å². The van der Waals surface area contributed by atoms with Crippen molar-refractivity contribution in [3.05, 3.63) is 0 Å². The summed E-state index contributed by atoms with van der Waals surface area (Å²) in [5, 5.41) is 0. The molecule has 2 aliphatic heterocycles. The monoisotopic (exact) mass is 410 g/mol. The van der Waals surface area contributed by atoms with Crippen LogP contribution in [0.1, 0.15) is 41.0 Å². The minimum absolute atomic E-state index is 0.570. The van der Waals surface area contributed by atoms with Crippen molar-refractivity contribution in [2.75, 3.05) is 105 Å². The van der Waals surface area contributed by atoms with E-state index in [4.69, 9.17) is 0 Å². The zero-order valence-corrected chi connectivity index (χ0v) is 20.3. The van der Waals surface area contributed by atoms with E-state index in [2.05, 4.69) is 64.0 Å². The molecule has 2 fully saturated rings. The maximum Gasteiger partial charge on any atom is 0.0621 e. The van der Waals surface area contributed by atoms with Gasteiger partial charge in [0.15, 0.2) is 0 Å². The normalized spacial score (nSPS) is 24.6. The van der Waals surface area contributed by atoms with E-state index in [1.165, 1.54) is 111 Å². The molecule has 0 unspecified atom stereocenters. The Labute approximate surface area is 181 Å². The maximum atomic E-state index is 2.81. The van der Waals surface area contributed by atoms with Crippen molar-refractivity contribution in [2.45, 2.75) is 47.2 Å². The number of hydrogen-bond acceptors (Lipinski definition) is 6. The van der Waals surface area contributed by atoms with Gasteiger partial charge in [0, 0.05) is 78.5 Å². The SMILES string of the molecule is CCC(N1CCN(CC)CCN(CC)CC1)N1CCN(CC)CCN(CC)CC1. The van der Waals surface area contributed by atoms with E-state index in [0.717, 1.165) is 0 Å². The van der Waals surface area contributed by atoms with Gasteiger partial charge in [0.25, 0.3) is 0 Å². The molecule has 0 aromatic carbocycles. The van der Waals surface area contributed by atoms with Crippen molar-refractivity contribution in [3.63, 3.8) is 0 Å². The first kappa shape index (κ1) is 25.0. The molecule has 0 aliphatic carbocycles. The van der Waals surface area contributed by atoms with Gasteiger partial charge in [-0.2, -0.15) is 0 Å². The molecular weight excluding hydrogens is 360 g/mol. The van der Waals surface area contributed by atoms with Gasteiger partial charge in [-0.1, -0.05) is 34.6 Å². The first-order valence-corrected chi connectivity index (χ1v) is 12.5. The summed E-state index contributed by atoms with van der Waals surface area (Å²) in [4.78, 5) is 16.2. The molecule has 0 spiro atoms. The van der Waals surface area contributed by atoms with E-state index in [-0.39, 0.29) is 0 Å². The van der Waals surface area contributed by atoms with Crippen LogP contribution in [0.4, 0.5) is 0 Å². The van der Waals surface area contributed by atoms with E-state index in [0.29, 0.717) is 6.17 Å². The van der Waals surface area contributed by atoms with Crippen molar-refractivity contribution < 1.29 is 0 Å². The van der Waals surface area contributed by atoms with Gasteiger partial charge in [-0.15, -0.1) is 0 Å². The lowest BCUT2D eigenvalue weighted by Gasteiger charge is -2.41. The molecule has 2 rings (SSSR count). The molecule has 29 heavy (non-hydrogen) atoms. The Morgan fingerprint density at radius 3 is 0.862 bits per heavy atom. The topological polar surface area (TPSA) is 19.4 Å². The second-order valence-corrected chi connectivity index (χ2v) is 8.70. The lowest BCUT2D eigenvalue weighted by molar-refractivity contribution is 0.0254. The molecule has 0 N–H and O–H groups in total. The van der Waals surface area contributed by atoms with Gasteiger partial charge >= 0.3 is 0 Å². The van der Waals surface area contributed by atoms with E-state index in [9.17, 15) is 0 Å². The Morgan fingerprint density at radius 2 is 0.655 bits per heavy atom. The second kappa shape index (κ2) is 13.9. The molecule has 172 valence electrons. The van der Waals surface area contributed by atoms with Crippen LogP contribution in [-0.4, -0.2) is 140 Å². The summed E-state index contributed by atoms with van der Waals surface area (Å²) in [5.74, 6) is 0. The summed E-state index contributed by atoms with van der Waals surface area (Å²) < 4.78 is 0. The Kier molecular flexibility index (Phi) is 12.0. The molecule has 6 heteroatoms. The lowest BCUT2D eigenvalue weighted by atomic mass is 10.2. The van der Waals surface area contributed by atoms with E-state index >= 15 is 0 Å². The van der Waals surface area contributed by atoms with Gasteiger partial charge in [-0.05, 0) is 32.6 Å². The Hall–Kier alpha value is -0.240. The summed E-state index contributed by atoms with van der Waals surface area (Å²) in [6.07, 6.45) is 1.79. The van der Waals surface area contributed by atoms with Crippen LogP contribution in [0.3, 0.4) is 0 Å². The van der Waals surface area contributed by atoms with Crippen LogP contribution in [0, 0.1) is 0 Å². The fourth-order valence-corrected chi connectivity index (χ4v) is 4.92. The van der Waals surface area contributed by atoms with Crippen molar-refractivity contribution in [2.24, 2.45) is 0 Å². The largest absolute Gasteiger partial charge is 0.301 e. The number of likely N-dealkylation sites (N-methyl/N-ethyl adjacent to an activating group) is 4. The highest BCUT2D eigenvalue weighted by atomic mass is 15.4. The van der Waals surface area contributed by atoms with Crippen molar-refractivity contribution in [1.82, 2.24) is 29.4 Å². The Bertz CT molecular complexity index is 352. The third kappa shape index (κ3) is 8.08. The zero-order valence-electron chi connectivity index (χ0n) is 20.3. The summed E-state index contributed by atoms with van der Waals surface area (Å²) in [7, 11) is 0. The smallest absolute Gasteiger partial charge is 0.0621 e. The van der Waals surface area contributed by atoms with E-state index < -0.39 is 0 Å². The highest BCUT2D eigenvalue weighted by Gasteiger charge is 2.27. The average Bonchev–Trinajstić information content (AvgIpc) is 2.92. The third-order valence-electron chi connectivity index (χ3n) is 7.28. The Balaban J connectivity index is 2.11.